The molecule has 0 saturated carbocycles. The zero-order chi connectivity index (χ0) is 16.4. The highest BCUT2D eigenvalue weighted by molar-refractivity contribution is 7.67. The van der Waals surface area contributed by atoms with Crippen LogP contribution in [0.5, 0.6) is 0 Å². The van der Waals surface area contributed by atoms with Gasteiger partial charge in [-0.05, 0) is 32.5 Å². The van der Waals surface area contributed by atoms with E-state index in [-0.39, 0.29) is 5.60 Å². The largest absolute Gasteiger partial charge is 0.415 e. The van der Waals surface area contributed by atoms with E-state index in [9.17, 15) is 0 Å². The lowest BCUT2D eigenvalue weighted by atomic mass is 9.99. The summed E-state index contributed by atoms with van der Waals surface area (Å²) in [4.78, 5) is 0. The van der Waals surface area contributed by atoms with Crippen LogP contribution in [0.1, 0.15) is 58.8 Å². The molecule has 0 amide bonds. The van der Waals surface area contributed by atoms with Gasteiger partial charge in [-0.1, -0.05) is 71.6 Å². The summed E-state index contributed by atoms with van der Waals surface area (Å²) in [6.45, 7) is 20.4. The fourth-order valence-electron chi connectivity index (χ4n) is 4.17. The molecule has 1 nitrogen and oxygen atoms in total. The van der Waals surface area contributed by atoms with Crippen LogP contribution in [-0.2, 0) is 4.43 Å². The van der Waals surface area contributed by atoms with Crippen LogP contribution in [0, 0.1) is 0 Å². The Kier molecular flexibility index (Phi) is 6.57. The lowest BCUT2D eigenvalue weighted by Crippen LogP contribution is -2.78. The maximum Gasteiger partial charge on any atom is 0.172 e. The number of unbranched alkanes of at least 4 members (excludes halogenated alkanes) is 5. The lowest BCUT2D eigenvalue weighted by Gasteiger charge is -2.58. The van der Waals surface area contributed by atoms with Gasteiger partial charge in [-0.15, -0.1) is 0 Å². The fraction of sp³-hybridized carbons (Fsp3) is 1.00. The Bertz CT molecular complexity index is 317. The van der Waals surface area contributed by atoms with Gasteiger partial charge in [0.15, 0.2) is 7.83 Å². The van der Waals surface area contributed by atoms with E-state index in [1.165, 1.54) is 51.0 Å². The van der Waals surface area contributed by atoms with Gasteiger partial charge >= 0.3 is 0 Å². The molecule has 0 aromatic rings. The van der Waals surface area contributed by atoms with Crippen LogP contribution in [-0.4, -0.2) is 28.1 Å². The van der Waals surface area contributed by atoms with Crippen molar-refractivity contribution in [3.05, 3.63) is 0 Å². The number of hydrogen-bond acceptors (Lipinski definition) is 1. The first-order chi connectivity index (χ1) is 9.47. The van der Waals surface area contributed by atoms with E-state index in [2.05, 4.69) is 53.1 Å². The predicted molar refractivity (Wildman–Crippen MR) is 105 cm³/mol. The summed E-state index contributed by atoms with van der Waals surface area (Å²) in [7, 11) is -3.71. The third-order valence-electron chi connectivity index (χ3n) is 6.57. The molecule has 0 bridgehead atoms. The van der Waals surface area contributed by atoms with E-state index in [4.69, 9.17) is 4.43 Å². The van der Waals surface area contributed by atoms with E-state index in [1.54, 1.807) is 0 Å². The normalized spacial score (nSPS) is 30.3. The topological polar surface area (TPSA) is 9.23 Å². The van der Waals surface area contributed by atoms with Crippen molar-refractivity contribution >= 4 is 22.5 Å². The van der Waals surface area contributed by atoms with Gasteiger partial charge in [0.05, 0.1) is 12.7 Å². The highest BCUT2D eigenvalue weighted by atomic mass is 29.6. The van der Waals surface area contributed by atoms with Crippen molar-refractivity contribution in [3.63, 3.8) is 0 Å². The Hall–Kier alpha value is 0.611. The molecule has 1 unspecified atom stereocenters. The number of hydrogen-bond donors (Lipinski definition) is 0. The Balaban J connectivity index is 2.58. The summed E-state index contributed by atoms with van der Waals surface area (Å²) >= 11 is 0. The monoisotopic (exact) mass is 344 g/mol. The van der Waals surface area contributed by atoms with E-state index in [1.807, 2.05) is 0 Å². The van der Waals surface area contributed by atoms with Crippen LogP contribution < -0.4 is 0 Å². The molecule has 0 spiro atoms. The van der Waals surface area contributed by atoms with Crippen LogP contribution in [0.3, 0.4) is 0 Å². The molecule has 0 N–H and O–H groups in total. The first-order valence-electron chi connectivity index (χ1n) is 9.18. The zero-order valence-corrected chi connectivity index (χ0v) is 19.1. The van der Waals surface area contributed by atoms with Crippen LogP contribution in [0.4, 0.5) is 0 Å². The average Bonchev–Trinajstić information content (AvgIpc) is 2.30. The summed E-state index contributed by atoms with van der Waals surface area (Å²) in [5, 5.41) is 0. The Morgan fingerprint density at radius 3 is 1.90 bits per heavy atom. The SMILES string of the molecule is CCCCCCCCC1(C)C[Si](C)(C)[Si](C)(C)[Si](C)(C)O1. The summed E-state index contributed by atoms with van der Waals surface area (Å²) < 4.78 is 6.88. The van der Waals surface area contributed by atoms with Crippen LogP contribution in [0.25, 0.3) is 0 Å². The van der Waals surface area contributed by atoms with Crippen molar-refractivity contribution in [1.82, 2.24) is 0 Å². The van der Waals surface area contributed by atoms with Crippen LogP contribution >= 0.6 is 0 Å². The molecular formula is C17H40OSi3. The molecular weight excluding hydrogens is 304 g/mol. The smallest absolute Gasteiger partial charge is 0.172 e. The predicted octanol–water partition coefficient (Wildman–Crippen LogP) is 6.30. The molecule has 1 aliphatic rings. The van der Waals surface area contributed by atoms with Gasteiger partial charge in [0.25, 0.3) is 0 Å². The lowest BCUT2D eigenvalue weighted by molar-refractivity contribution is 0.0877. The van der Waals surface area contributed by atoms with Gasteiger partial charge in [0.2, 0.25) is 0 Å². The van der Waals surface area contributed by atoms with Gasteiger partial charge in [-0.2, -0.15) is 0 Å². The highest BCUT2D eigenvalue weighted by Crippen LogP contribution is 2.45. The molecule has 0 radical (unpaired) electrons. The van der Waals surface area contributed by atoms with Crippen molar-refractivity contribution in [2.24, 2.45) is 0 Å². The summed E-state index contributed by atoms with van der Waals surface area (Å²) in [5.74, 6) is 0. The second-order valence-corrected chi connectivity index (χ2v) is 36.5. The average molecular weight is 345 g/mol. The number of rotatable bonds is 7. The Morgan fingerprint density at radius 1 is 0.857 bits per heavy atom. The summed E-state index contributed by atoms with van der Waals surface area (Å²) in [6, 6.07) is 1.41. The molecule has 0 aromatic heterocycles. The van der Waals surface area contributed by atoms with Crippen molar-refractivity contribution < 1.29 is 4.43 Å². The standard InChI is InChI=1S/C17H40OSi3/c1-9-10-11-12-13-14-15-17(2)16-19(3,4)21(7,8)20(5,6)18-17/h9-16H2,1-8H3. The minimum atomic E-state index is -1.47. The van der Waals surface area contributed by atoms with Crippen molar-refractivity contribution in [3.8, 4) is 0 Å². The molecule has 1 aliphatic heterocycles. The molecule has 126 valence electrons. The molecule has 4 heteroatoms. The third kappa shape index (κ3) is 4.55. The summed E-state index contributed by atoms with van der Waals surface area (Å²) in [6.07, 6.45) is 9.69. The van der Waals surface area contributed by atoms with E-state index >= 15 is 0 Å². The molecule has 1 saturated heterocycles. The quantitative estimate of drug-likeness (QED) is 0.388. The molecule has 1 atom stereocenters. The summed E-state index contributed by atoms with van der Waals surface area (Å²) in [5.41, 5.74) is 0.207. The maximum absolute atomic E-state index is 6.88. The van der Waals surface area contributed by atoms with E-state index < -0.39 is 22.5 Å². The zero-order valence-electron chi connectivity index (χ0n) is 16.1. The van der Waals surface area contributed by atoms with Crippen LogP contribution in [0.15, 0.2) is 0 Å². The van der Waals surface area contributed by atoms with Gasteiger partial charge in [0.1, 0.15) is 0 Å². The fourth-order valence-corrected chi connectivity index (χ4v) is 34.9. The third-order valence-corrected chi connectivity index (χ3v) is 47.1. The second kappa shape index (κ2) is 7.02. The van der Waals surface area contributed by atoms with Crippen LogP contribution in [0.2, 0.25) is 45.3 Å². The van der Waals surface area contributed by atoms with Gasteiger partial charge in [-0.3, -0.25) is 0 Å². The molecule has 1 fully saturated rings. The van der Waals surface area contributed by atoms with Gasteiger partial charge in [0, 0.05) is 7.59 Å². The van der Waals surface area contributed by atoms with E-state index in [0.29, 0.717) is 0 Å². The minimum absolute atomic E-state index is 0.207. The molecule has 1 heterocycles. The first-order valence-corrected chi connectivity index (χ1v) is 20.3. The highest BCUT2D eigenvalue weighted by Gasteiger charge is 2.61. The molecule has 21 heavy (non-hydrogen) atoms. The van der Waals surface area contributed by atoms with Crippen molar-refractivity contribution in [2.45, 2.75) is 110 Å². The second-order valence-electron chi connectivity index (χ2n) is 9.27. The molecule has 1 rings (SSSR count). The Labute approximate surface area is 137 Å². The molecule has 0 aromatic carbocycles. The Morgan fingerprint density at radius 2 is 1.38 bits per heavy atom. The van der Waals surface area contributed by atoms with Gasteiger partial charge in [-0.25, -0.2) is 0 Å². The van der Waals surface area contributed by atoms with Crippen molar-refractivity contribution in [1.29, 1.82) is 0 Å². The minimum Gasteiger partial charge on any atom is -0.415 e. The maximum atomic E-state index is 6.88. The van der Waals surface area contributed by atoms with Gasteiger partial charge < -0.3 is 4.43 Å². The van der Waals surface area contributed by atoms with E-state index in [0.717, 1.165) is 0 Å². The first kappa shape index (κ1) is 19.7. The molecule has 0 aliphatic carbocycles. The van der Waals surface area contributed by atoms with Crippen molar-refractivity contribution in [2.75, 3.05) is 0 Å².